The van der Waals surface area contributed by atoms with Crippen LogP contribution in [-0.4, -0.2) is 25.8 Å². The molecule has 0 bridgehead atoms. The van der Waals surface area contributed by atoms with Gasteiger partial charge >= 0.3 is 6.03 Å². The molecule has 0 atom stereocenters. The predicted octanol–water partition coefficient (Wildman–Crippen LogP) is 2.97. The molecule has 0 saturated heterocycles. The van der Waals surface area contributed by atoms with E-state index in [0.717, 1.165) is 28.5 Å². The summed E-state index contributed by atoms with van der Waals surface area (Å²) in [6.45, 7) is 6.21. The summed E-state index contributed by atoms with van der Waals surface area (Å²) in [6, 6.07) is 5.53. The average Bonchev–Trinajstić information content (AvgIpc) is 3.10. The highest BCUT2D eigenvalue weighted by Gasteiger charge is 2.07. The van der Waals surface area contributed by atoms with Gasteiger partial charge in [0.2, 0.25) is 0 Å². The van der Waals surface area contributed by atoms with Crippen molar-refractivity contribution in [2.24, 2.45) is 0 Å². The number of nitrogens with zero attached hydrogens (tertiary/aromatic N) is 4. The average molecular weight is 342 g/mol. The molecule has 0 aliphatic carbocycles. The SMILES string of the molecule is Cc1csc(NC(=O)NCc2ccc(-n3nc(C)cc3C)nc2)n1. The van der Waals surface area contributed by atoms with Crippen molar-refractivity contribution in [1.82, 2.24) is 25.1 Å². The van der Waals surface area contributed by atoms with Gasteiger partial charge in [-0.15, -0.1) is 11.3 Å². The molecule has 3 aromatic heterocycles. The molecule has 0 saturated carbocycles. The highest BCUT2D eigenvalue weighted by atomic mass is 32.1. The first-order valence-corrected chi connectivity index (χ1v) is 8.35. The number of rotatable bonds is 4. The zero-order valence-electron chi connectivity index (χ0n) is 13.7. The summed E-state index contributed by atoms with van der Waals surface area (Å²) in [6.07, 6.45) is 1.74. The first-order chi connectivity index (χ1) is 11.5. The molecule has 24 heavy (non-hydrogen) atoms. The highest BCUT2D eigenvalue weighted by Crippen LogP contribution is 2.14. The number of hydrogen-bond donors (Lipinski definition) is 2. The third-order valence-corrected chi connectivity index (χ3v) is 4.20. The lowest BCUT2D eigenvalue weighted by Gasteiger charge is -2.07. The molecule has 3 heterocycles. The van der Waals surface area contributed by atoms with Gasteiger partial charge in [0.05, 0.1) is 11.4 Å². The van der Waals surface area contributed by atoms with Crippen molar-refractivity contribution in [1.29, 1.82) is 0 Å². The molecular formula is C16H18N6OS. The standard InChI is InChI=1S/C16H18N6OS/c1-10-6-12(3)22(21-10)14-5-4-13(7-17-14)8-18-15(23)20-16-19-11(2)9-24-16/h4-7,9H,8H2,1-3H3,(H2,18,19,20,23). The summed E-state index contributed by atoms with van der Waals surface area (Å²) in [5, 5.41) is 12.4. The minimum atomic E-state index is -0.285. The van der Waals surface area contributed by atoms with Crippen LogP contribution in [0.4, 0.5) is 9.93 Å². The minimum Gasteiger partial charge on any atom is -0.334 e. The van der Waals surface area contributed by atoms with E-state index < -0.39 is 0 Å². The largest absolute Gasteiger partial charge is 0.334 e. The maximum Gasteiger partial charge on any atom is 0.321 e. The molecule has 0 fully saturated rings. The molecule has 2 N–H and O–H groups in total. The van der Waals surface area contributed by atoms with E-state index in [4.69, 9.17) is 0 Å². The molecule has 7 nitrogen and oxygen atoms in total. The lowest BCUT2D eigenvalue weighted by Crippen LogP contribution is -2.28. The Kier molecular flexibility index (Phi) is 4.57. The van der Waals surface area contributed by atoms with Gasteiger partial charge in [-0.3, -0.25) is 5.32 Å². The van der Waals surface area contributed by atoms with Crippen molar-refractivity contribution in [3.8, 4) is 5.82 Å². The smallest absolute Gasteiger partial charge is 0.321 e. The van der Waals surface area contributed by atoms with E-state index >= 15 is 0 Å². The Bertz CT molecular complexity index is 852. The Labute approximate surface area is 143 Å². The quantitative estimate of drug-likeness (QED) is 0.763. The fourth-order valence-electron chi connectivity index (χ4n) is 2.24. The molecule has 0 spiro atoms. The molecular weight excluding hydrogens is 324 g/mol. The molecule has 124 valence electrons. The monoisotopic (exact) mass is 342 g/mol. The second kappa shape index (κ2) is 6.79. The third kappa shape index (κ3) is 3.77. The van der Waals surface area contributed by atoms with Crippen LogP contribution in [0.1, 0.15) is 22.6 Å². The highest BCUT2D eigenvalue weighted by molar-refractivity contribution is 7.13. The summed E-state index contributed by atoms with van der Waals surface area (Å²) < 4.78 is 1.80. The summed E-state index contributed by atoms with van der Waals surface area (Å²) in [7, 11) is 0. The van der Waals surface area contributed by atoms with Crippen molar-refractivity contribution in [3.05, 3.63) is 52.4 Å². The lowest BCUT2D eigenvalue weighted by atomic mass is 10.3. The van der Waals surface area contributed by atoms with Crippen molar-refractivity contribution in [2.75, 3.05) is 5.32 Å². The number of pyridine rings is 1. The number of aromatic nitrogens is 4. The van der Waals surface area contributed by atoms with Crippen LogP contribution >= 0.6 is 11.3 Å². The predicted molar refractivity (Wildman–Crippen MR) is 93.5 cm³/mol. The maximum absolute atomic E-state index is 11.8. The van der Waals surface area contributed by atoms with Gasteiger partial charge in [0.25, 0.3) is 0 Å². The topological polar surface area (TPSA) is 84.7 Å². The number of aryl methyl sites for hydroxylation is 3. The number of thiazole rings is 1. The Morgan fingerprint density at radius 1 is 1.25 bits per heavy atom. The van der Waals surface area contributed by atoms with Crippen LogP contribution in [0.25, 0.3) is 5.82 Å². The molecule has 3 rings (SSSR count). The molecule has 2 amide bonds. The summed E-state index contributed by atoms with van der Waals surface area (Å²) in [4.78, 5) is 20.4. The zero-order valence-corrected chi connectivity index (χ0v) is 14.5. The van der Waals surface area contributed by atoms with E-state index in [2.05, 4.69) is 25.7 Å². The molecule has 0 aliphatic heterocycles. The fraction of sp³-hybridized carbons (Fsp3) is 0.250. The van der Waals surface area contributed by atoms with Gasteiger partial charge in [0.1, 0.15) is 0 Å². The van der Waals surface area contributed by atoms with Gasteiger partial charge < -0.3 is 5.32 Å². The lowest BCUT2D eigenvalue weighted by molar-refractivity contribution is 0.251. The van der Waals surface area contributed by atoms with Crippen molar-refractivity contribution in [2.45, 2.75) is 27.3 Å². The molecule has 0 aliphatic rings. The zero-order chi connectivity index (χ0) is 17.1. The van der Waals surface area contributed by atoms with Crippen LogP contribution in [0, 0.1) is 20.8 Å². The number of hydrogen-bond acceptors (Lipinski definition) is 5. The van der Waals surface area contributed by atoms with Gasteiger partial charge in [-0.05, 0) is 38.5 Å². The van der Waals surface area contributed by atoms with Crippen molar-refractivity contribution in [3.63, 3.8) is 0 Å². The van der Waals surface area contributed by atoms with Crippen LogP contribution in [-0.2, 0) is 6.54 Å². The molecule has 3 aromatic rings. The second-order valence-corrected chi connectivity index (χ2v) is 6.32. The van der Waals surface area contributed by atoms with Gasteiger partial charge in [-0.2, -0.15) is 5.10 Å². The minimum absolute atomic E-state index is 0.285. The van der Waals surface area contributed by atoms with E-state index in [9.17, 15) is 4.79 Å². The van der Waals surface area contributed by atoms with E-state index in [1.165, 1.54) is 11.3 Å². The summed E-state index contributed by atoms with van der Waals surface area (Å²) >= 11 is 1.40. The Morgan fingerprint density at radius 2 is 2.08 bits per heavy atom. The van der Waals surface area contributed by atoms with Crippen LogP contribution in [0.3, 0.4) is 0 Å². The van der Waals surface area contributed by atoms with Gasteiger partial charge in [0.15, 0.2) is 10.9 Å². The Morgan fingerprint density at radius 3 is 2.67 bits per heavy atom. The first kappa shape index (κ1) is 16.1. The number of amides is 2. The molecule has 0 aromatic carbocycles. The van der Waals surface area contributed by atoms with Gasteiger partial charge in [0, 0.05) is 23.8 Å². The van der Waals surface area contributed by atoms with Crippen molar-refractivity contribution >= 4 is 22.5 Å². The van der Waals surface area contributed by atoms with E-state index in [0.29, 0.717) is 11.7 Å². The number of anilines is 1. The summed E-state index contributed by atoms with van der Waals surface area (Å²) in [5.41, 5.74) is 3.78. The van der Waals surface area contributed by atoms with Crippen LogP contribution in [0.2, 0.25) is 0 Å². The number of carbonyl (C=O) groups is 1. The third-order valence-electron chi connectivity index (χ3n) is 3.33. The van der Waals surface area contributed by atoms with Crippen LogP contribution < -0.4 is 10.6 Å². The van der Waals surface area contributed by atoms with Crippen molar-refractivity contribution < 1.29 is 4.79 Å². The maximum atomic E-state index is 11.8. The Hall–Kier alpha value is -2.74. The summed E-state index contributed by atoms with van der Waals surface area (Å²) in [5.74, 6) is 0.757. The molecule has 8 heteroatoms. The van der Waals surface area contributed by atoms with E-state index in [1.807, 2.05) is 44.4 Å². The second-order valence-electron chi connectivity index (χ2n) is 5.47. The van der Waals surface area contributed by atoms with Crippen LogP contribution in [0.15, 0.2) is 29.8 Å². The first-order valence-electron chi connectivity index (χ1n) is 7.47. The van der Waals surface area contributed by atoms with E-state index in [-0.39, 0.29) is 6.03 Å². The molecule has 0 unspecified atom stereocenters. The number of urea groups is 1. The fourth-order valence-corrected chi connectivity index (χ4v) is 2.93. The van der Waals surface area contributed by atoms with E-state index in [1.54, 1.807) is 10.9 Å². The number of carbonyl (C=O) groups excluding carboxylic acids is 1. The van der Waals surface area contributed by atoms with Gasteiger partial charge in [-0.1, -0.05) is 6.07 Å². The number of nitrogens with one attached hydrogen (secondary N) is 2. The Balaban J connectivity index is 1.58. The molecule has 0 radical (unpaired) electrons. The normalized spacial score (nSPS) is 10.6. The van der Waals surface area contributed by atoms with Crippen LogP contribution in [0.5, 0.6) is 0 Å². The van der Waals surface area contributed by atoms with Gasteiger partial charge in [-0.25, -0.2) is 19.4 Å².